The Morgan fingerprint density at radius 2 is 1.23 bits per heavy atom. The SMILES string of the molecule is C[C@H]1C=C(C(O)C2=C[C@H](C)[C@H]3C[C@H]2C3(C)C)[C@H]2C[C@H]1C2(C)C. The third-order valence-corrected chi connectivity index (χ3v) is 8.30. The van der Waals surface area contributed by atoms with E-state index in [1.165, 1.54) is 24.0 Å². The topological polar surface area (TPSA) is 20.2 Å². The van der Waals surface area contributed by atoms with E-state index in [0.29, 0.717) is 34.5 Å². The van der Waals surface area contributed by atoms with Crippen molar-refractivity contribution in [2.75, 3.05) is 0 Å². The number of hydrogen-bond donors (Lipinski definition) is 1. The summed E-state index contributed by atoms with van der Waals surface area (Å²) in [5.41, 5.74) is 3.45. The van der Waals surface area contributed by atoms with E-state index in [1.807, 2.05) is 0 Å². The van der Waals surface area contributed by atoms with Crippen molar-refractivity contribution in [1.82, 2.24) is 0 Å². The highest BCUT2D eigenvalue weighted by Gasteiger charge is 2.58. The average molecular weight is 300 g/mol. The second kappa shape index (κ2) is 4.29. The number of rotatable bonds is 2. The van der Waals surface area contributed by atoms with Crippen LogP contribution in [0, 0.1) is 46.3 Å². The Bertz CT molecular complexity index is 514. The van der Waals surface area contributed by atoms with Gasteiger partial charge in [-0.25, -0.2) is 0 Å². The summed E-state index contributed by atoms with van der Waals surface area (Å²) in [4.78, 5) is 0. The van der Waals surface area contributed by atoms with E-state index in [4.69, 9.17) is 0 Å². The predicted octanol–water partition coefficient (Wildman–Crippen LogP) is 4.82. The van der Waals surface area contributed by atoms with Crippen LogP contribution in [0.1, 0.15) is 54.4 Å². The third kappa shape index (κ3) is 1.64. The van der Waals surface area contributed by atoms with Crippen LogP contribution >= 0.6 is 0 Å². The molecule has 0 aromatic carbocycles. The fraction of sp³-hybridized carbons (Fsp3) is 0.810. The Kier molecular flexibility index (Phi) is 2.92. The summed E-state index contributed by atoms with van der Waals surface area (Å²) in [6.45, 7) is 14.3. The number of fused-ring (bicyclic) bond motifs is 2. The largest absolute Gasteiger partial charge is 0.384 e. The van der Waals surface area contributed by atoms with Crippen LogP contribution in [0.5, 0.6) is 0 Å². The molecular weight excluding hydrogens is 268 g/mol. The molecule has 6 aliphatic rings. The molecule has 0 saturated heterocycles. The van der Waals surface area contributed by atoms with Crippen molar-refractivity contribution < 1.29 is 5.11 Å². The first-order chi connectivity index (χ1) is 10.2. The van der Waals surface area contributed by atoms with E-state index in [-0.39, 0.29) is 6.10 Å². The standard InChI is InChI=1S/C21H32O/c1-11-7-13(17-9-15(11)20(17,3)4)19(22)14-8-12(2)16-10-18(14)21(16,5)6/h7-8,11-12,15-19,22H,9-10H2,1-6H3/t11-,12-,15+,16+,17+,18+/m0/s1. The molecular formula is C21H32O. The van der Waals surface area contributed by atoms with Crippen LogP contribution in [0.25, 0.3) is 0 Å². The molecule has 6 atom stereocenters. The third-order valence-electron chi connectivity index (χ3n) is 8.30. The van der Waals surface area contributed by atoms with Gasteiger partial charge in [-0.05, 0) is 70.3 Å². The fourth-order valence-corrected chi connectivity index (χ4v) is 6.66. The Morgan fingerprint density at radius 1 is 0.864 bits per heavy atom. The molecule has 2 saturated carbocycles. The molecule has 0 radical (unpaired) electrons. The van der Waals surface area contributed by atoms with Gasteiger partial charge in [-0.15, -0.1) is 0 Å². The second-order valence-corrected chi connectivity index (χ2v) is 9.89. The van der Waals surface area contributed by atoms with E-state index < -0.39 is 0 Å². The zero-order chi connectivity index (χ0) is 16.0. The number of hydrogen-bond acceptors (Lipinski definition) is 1. The van der Waals surface area contributed by atoms with Gasteiger partial charge in [0, 0.05) is 0 Å². The minimum absolute atomic E-state index is 0.319. The van der Waals surface area contributed by atoms with Gasteiger partial charge in [0.2, 0.25) is 0 Å². The Balaban J connectivity index is 1.67. The Hall–Kier alpha value is -0.560. The highest BCUT2D eigenvalue weighted by Crippen LogP contribution is 2.65. The van der Waals surface area contributed by atoms with Crippen LogP contribution in [0.2, 0.25) is 0 Å². The average Bonchev–Trinajstić information content (AvgIpc) is 2.44. The zero-order valence-electron chi connectivity index (χ0n) is 15.1. The van der Waals surface area contributed by atoms with Gasteiger partial charge in [-0.1, -0.05) is 53.7 Å². The Morgan fingerprint density at radius 3 is 1.50 bits per heavy atom. The maximum atomic E-state index is 11.3. The molecule has 122 valence electrons. The minimum atomic E-state index is -0.319. The molecule has 6 aliphatic carbocycles. The van der Waals surface area contributed by atoms with E-state index >= 15 is 0 Å². The van der Waals surface area contributed by atoms with Crippen molar-refractivity contribution >= 4 is 0 Å². The summed E-state index contributed by atoms with van der Waals surface area (Å²) in [6.07, 6.45) is 7.09. The second-order valence-electron chi connectivity index (χ2n) is 9.89. The molecule has 1 N–H and O–H groups in total. The van der Waals surface area contributed by atoms with Gasteiger partial charge in [0.25, 0.3) is 0 Å². The van der Waals surface area contributed by atoms with Crippen molar-refractivity contribution in [3.8, 4) is 0 Å². The lowest BCUT2D eigenvalue weighted by Gasteiger charge is -2.62. The van der Waals surface area contributed by atoms with Crippen LogP contribution in [0.15, 0.2) is 23.3 Å². The maximum absolute atomic E-state index is 11.3. The lowest BCUT2D eigenvalue weighted by molar-refractivity contribution is -0.0617. The summed E-state index contributed by atoms with van der Waals surface area (Å²) in [7, 11) is 0. The van der Waals surface area contributed by atoms with Crippen LogP contribution < -0.4 is 0 Å². The fourth-order valence-electron chi connectivity index (χ4n) is 6.66. The zero-order valence-corrected chi connectivity index (χ0v) is 15.1. The van der Waals surface area contributed by atoms with Gasteiger partial charge in [0.15, 0.2) is 0 Å². The van der Waals surface area contributed by atoms with Crippen LogP contribution in [-0.2, 0) is 0 Å². The molecule has 0 amide bonds. The first-order valence-electron chi connectivity index (χ1n) is 9.27. The van der Waals surface area contributed by atoms with Gasteiger partial charge < -0.3 is 5.11 Å². The summed E-state index contributed by atoms with van der Waals surface area (Å²) in [6, 6.07) is 0. The molecule has 0 spiro atoms. The van der Waals surface area contributed by atoms with Crippen molar-refractivity contribution in [3.63, 3.8) is 0 Å². The van der Waals surface area contributed by atoms with Gasteiger partial charge in [0.1, 0.15) is 0 Å². The molecule has 0 aromatic heterocycles. The van der Waals surface area contributed by atoms with E-state index in [1.54, 1.807) is 0 Å². The van der Waals surface area contributed by atoms with E-state index in [9.17, 15) is 5.11 Å². The highest BCUT2D eigenvalue weighted by molar-refractivity contribution is 5.38. The molecule has 1 nitrogen and oxygen atoms in total. The number of aliphatic hydroxyl groups excluding tert-OH is 1. The lowest BCUT2D eigenvalue weighted by atomic mass is 9.43. The van der Waals surface area contributed by atoms with Crippen LogP contribution in [0.3, 0.4) is 0 Å². The molecule has 4 bridgehead atoms. The normalized spacial score (nSPS) is 47.3. The maximum Gasteiger partial charge on any atom is 0.0967 e. The smallest absolute Gasteiger partial charge is 0.0967 e. The molecule has 0 heterocycles. The first kappa shape index (κ1) is 15.0. The monoisotopic (exact) mass is 300 g/mol. The highest BCUT2D eigenvalue weighted by atomic mass is 16.3. The van der Waals surface area contributed by atoms with Crippen molar-refractivity contribution in [2.45, 2.75) is 60.5 Å². The summed E-state index contributed by atoms with van der Waals surface area (Å²) in [5.74, 6) is 4.07. The van der Waals surface area contributed by atoms with E-state index in [2.05, 4.69) is 53.7 Å². The van der Waals surface area contributed by atoms with Gasteiger partial charge in [-0.3, -0.25) is 0 Å². The van der Waals surface area contributed by atoms with Crippen molar-refractivity contribution in [3.05, 3.63) is 23.3 Å². The molecule has 0 unspecified atom stereocenters. The number of allylic oxidation sites excluding steroid dienone is 2. The summed E-state index contributed by atoms with van der Waals surface area (Å²) < 4.78 is 0. The minimum Gasteiger partial charge on any atom is -0.384 e. The lowest BCUT2D eigenvalue weighted by Crippen LogP contribution is -2.56. The Labute approximate surface area is 135 Å². The molecule has 2 fully saturated rings. The molecule has 22 heavy (non-hydrogen) atoms. The van der Waals surface area contributed by atoms with Gasteiger partial charge >= 0.3 is 0 Å². The van der Waals surface area contributed by atoms with Crippen molar-refractivity contribution in [1.29, 1.82) is 0 Å². The number of aliphatic hydroxyl groups is 1. The van der Waals surface area contributed by atoms with Gasteiger partial charge in [-0.2, -0.15) is 0 Å². The molecule has 1 heteroatoms. The molecule has 0 aliphatic heterocycles. The predicted molar refractivity (Wildman–Crippen MR) is 91.3 cm³/mol. The van der Waals surface area contributed by atoms with Crippen LogP contribution in [0.4, 0.5) is 0 Å². The first-order valence-corrected chi connectivity index (χ1v) is 9.27. The molecule has 0 aromatic rings. The summed E-state index contributed by atoms with van der Waals surface area (Å²) in [5, 5.41) is 11.3. The molecule has 6 rings (SSSR count). The van der Waals surface area contributed by atoms with Gasteiger partial charge in [0.05, 0.1) is 6.10 Å². The van der Waals surface area contributed by atoms with E-state index in [0.717, 1.165) is 11.8 Å². The quantitative estimate of drug-likeness (QED) is 0.725. The summed E-state index contributed by atoms with van der Waals surface area (Å²) >= 11 is 0. The van der Waals surface area contributed by atoms with Crippen molar-refractivity contribution in [2.24, 2.45) is 46.3 Å². The van der Waals surface area contributed by atoms with Crippen LogP contribution in [-0.4, -0.2) is 11.2 Å².